The Labute approximate surface area is 197 Å². The zero-order valence-corrected chi connectivity index (χ0v) is 18.3. The van der Waals surface area contributed by atoms with Crippen LogP contribution in [-0.2, 0) is 17.5 Å². The minimum Gasteiger partial charge on any atom is -0.325 e. The van der Waals surface area contributed by atoms with E-state index in [-0.39, 0.29) is 23.5 Å². The van der Waals surface area contributed by atoms with Gasteiger partial charge in [0.2, 0.25) is 5.91 Å². The zero-order chi connectivity index (χ0) is 25.3. The summed E-state index contributed by atoms with van der Waals surface area (Å²) in [7, 11) is 0. The number of nitrogens with one attached hydrogen (secondary N) is 2. The van der Waals surface area contributed by atoms with Crippen molar-refractivity contribution in [3.63, 3.8) is 0 Å². The maximum atomic E-state index is 13.1. The molecule has 3 aromatic carbocycles. The van der Waals surface area contributed by atoms with Crippen molar-refractivity contribution >= 4 is 35.0 Å². The molecule has 0 bridgehead atoms. The first-order valence-electron chi connectivity index (χ1n) is 10.4. The molecule has 4 amide bonds. The van der Waals surface area contributed by atoms with Gasteiger partial charge in [-0.25, -0.2) is 0 Å². The van der Waals surface area contributed by atoms with Crippen LogP contribution in [0.5, 0.6) is 0 Å². The first-order chi connectivity index (χ1) is 16.5. The van der Waals surface area contributed by atoms with E-state index in [4.69, 9.17) is 0 Å². The van der Waals surface area contributed by atoms with Crippen molar-refractivity contribution in [2.24, 2.45) is 0 Å². The molecule has 1 aliphatic rings. The summed E-state index contributed by atoms with van der Waals surface area (Å²) in [6.07, 6.45) is -4.64. The van der Waals surface area contributed by atoms with Crippen LogP contribution < -0.4 is 10.6 Å². The fourth-order valence-electron chi connectivity index (χ4n) is 3.64. The summed E-state index contributed by atoms with van der Waals surface area (Å²) in [6.45, 7) is 1.19. The van der Waals surface area contributed by atoms with Crippen molar-refractivity contribution in [3.8, 4) is 0 Å². The molecule has 0 aliphatic carbocycles. The second-order valence-electron chi connectivity index (χ2n) is 7.83. The smallest absolute Gasteiger partial charge is 0.325 e. The van der Waals surface area contributed by atoms with Gasteiger partial charge in [-0.05, 0) is 48.0 Å². The maximum Gasteiger partial charge on any atom is 0.416 e. The molecule has 3 aromatic rings. The number of fused-ring (bicyclic) bond motifs is 1. The fourth-order valence-corrected chi connectivity index (χ4v) is 3.64. The van der Waals surface area contributed by atoms with E-state index in [2.05, 4.69) is 10.6 Å². The molecule has 7 nitrogen and oxygen atoms in total. The standard InChI is InChI=1S/C25H18F3N3O4/c1-14(32)29-20-11-10-17(25(26,27)28)12-21(20)30-22(33)16-8-6-15(7-9-16)13-31-23(34)18-4-2-3-5-19(18)24(31)35/h2-12H,13H2,1H3,(H,29,32)(H,30,33). The minimum atomic E-state index is -4.64. The molecule has 2 N–H and O–H groups in total. The molecule has 4 rings (SSSR count). The predicted octanol–water partition coefficient (Wildman–Crippen LogP) is 4.71. The summed E-state index contributed by atoms with van der Waals surface area (Å²) in [6, 6.07) is 15.0. The Balaban J connectivity index is 1.51. The summed E-state index contributed by atoms with van der Waals surface area (Å²) in [5.41, 5.74) is 0.167. The molecule has 0 unspecified atom stereocenters. The Kier molecular flexibility index (Phi) is 6.12. The number of carbonyl (C=O) groups excluding carboxylic acids is 4. The number of rotatable bonds is 5. The zero-order valence-electron chi connectivity index (χ0n) is 18.3. The monoisotopic (exact) mass is 481 g/mol. The Bertz CT molecular complexity index is 1320. The van der Waals surface area contributed by atoms with Gasteiger partial charge >= 0.3 is 6.18 Å². The van der Waals surface area contributed by atoms with Gasteiger partial charge in [0.15, 0.2) is 0 Å². The third-order valence-corrected chi connectivity index (χ3v) is 5.34. The van der Waals surface area contributed by atoms with Crippen molar-refractivity contribution in [2.75, 3.05) is 10.6 Å². The van der Waals surface area contributed by atoms with E-state index in [9.17, 15) is 32.3 Å². The average Bonchev–Trinajstić information content (AvgIpc) is 3.04. The van der Waals surface area contributed by atoms with Crippen LogP contribution in [0.2, 0.25) is 0 Å². The number of hydrogen-bond acceptors (Lipinski definition) is 4. The van der Waals surface area contributed by atoms with Crippen molar-refractivity contribution in [3.05, 3.63) is 94.5 Å². The number of halogens is 3. The lowest BCUT2D eigenvalue weighted by Crippen LogP contribution is -2.29. The molecule has 35 heavy (non-hydrogen) atoms. The molecule has 1 heterocycles. The number of alkyl halides is 3. The highest BCUT2D eigenvalue weighted by Gasteiger charge is 2.35. The Morgan fingerprint density at radius 1 is 0.829 bits per heavy atom. The second-order valence-corrected chi connectivity index (χ2v) is 7.83. The second kappa shape index (κ2) is 9.05. The summed E-state index contributed by atoms with van der Waals surface area (Å²) < 4.78 is 39.4. The highest BCUT2D eigenvalue weighted by atomic mass is 19.4. The predicted molar refractivity (Wildman–Crippen MR) is 121 cm³/mol. The Morgan fingerprint density at radius 2 is 1.43 bits per heavy atom. The summed E-state index contributed by atoms with van der Waals surface area (Å²) in [5.74, 6) is -2.05. The van der Waals surface area contributed by atoms with Crippen LogP contribution in [0.3, 0.4) is 0 Å². The van der Waals surface area contributed by atoms with Crippen LogP contribution in [0.15, 0.2) is 66.7 Å². The largest absolute Gasteiger partial charge is 0.416 e. The van der Waals surface area contributed by atoms with Gasteiger partial charge in [0.05, 0.1) is 34.6 Å². The van der Waals surface area contributed by atoms with Crippen LogP contribution >= 0.6 is 0 Å². The van der Waals surface area contributed by atoms with E-state index in [1.807, 2.05) is 0 Å². The number of benzene rings is 3. The molecular weight excluding hydrogens is 463 g/mol. The first kappa shape index (κ1) is 23.7. The molecule has 0 fully saturated rings. The van der Waals surface area contributed by atoms with Crippen molar-refractivity contribution in [2.45, 2.75) is 19.6 Å². The van der Waals surface area contributed by atoms with Gasteiger partial charge in [0.25, 0.3) is 17.7 Å². The van der Waals surface area contributed by atoms with Gasteiger partial charge in [-0.3, -0.25) is 24.1 Å². The fraction of sp³-hybridized carbons (Fsp3) is 0.120. The summed E-state index contributed by atoms with van der Waals surface area (Å²) in [5, 5.41) is 4.77. The number of imide groups is 1. The van der Waals surface area contributed by atoms with Gasteiger partial charge in [-0.1, -0.05) is 24.3 Å². The Morgan fingerprint density at radius 3 is 1.97 bits per heavy atom. The summed E-state index contributed by atoms with van der Waals surface area (Å²) >= 11 is 0. The highest BCUT2D eigenvalue weighted by molar-refractivity contribution is 6.21. The van der Waals surface area contributed by atoms with Crippen molar-refractivity contribution < 1.29 is 32.3 Å². The van der Waals surface area contributed by atoms with Gasteiger partial charge in [0, 0.05) is 12.5 Å². The average molecular weight is 481 g/mol. The molecule has 178 valence electrons. The highest BCUT2D eigenvalue weighted by Crippen LogP contribution is 2.34. The minimum absolute atomic E-state index is 0.00540. The molecule has 0 saturated heterocycles. The quantitative estimate of drug-likeness (QED) is 0.516. The van der Waals surface area contributed by atoms with Crippen molar-refractivity contribution in [1.82, 2.24) is 4.90 Å². The van der Waals surface area contributed by atoms with Gasteiger partial charge < -0.3 is 10.6 Å². The molecule has 0 saturated carbocycles. The van der Waals surface area contributed by atoms with E-state index in [0.29, 0.717) is 16.7 Å². The lowest BCUT2D eigenvalue weighted by atomic mass is 10.1. The number of amides is 4. The molecular formula is C25H18F3N3O4. The van der Waals surface area contributed by atoms with Gasteiger partial charge in [0.1, 0.15) is 0 Å². The van der Waals surface area contributed by atoms with Gasteiger partial charge in [-0.15, -0.1) is 0 Å². The number of anilines is 2. The number of nitrogens with zero attached hydrogens (tertiary/aromatic N) is 1. The van der Waals surface area contributed by atoms with Crippen LogP contribution in [0.4, 0.5) is 24.5 Å². The van der Waals surface area contributed by atoms with E-state index in [0.717, 1.165) is 23.1 Å². The van der Waals surface area contributed by atoms with Crippen LogP contribution in [0, 0.1) is 0 Å². The Hall–Kier alpha value is -4.47. The normalized spacial score (nSPS) is 13.0. The van der Waals surface area contributed by atoms with Crippen LogP contribution in [0.25, 0.3) is 0 Å². The molecule has 10 heteroatoms. The number of hydrogen-bond donors (Lipinski definition) is 2. The first-order valence-corrected chi connectivity index (χ1v) is 10.4. The molecule has 0 atom stereocenters. The van der Waals surface area contributed by atoms with E-state index < -0.39 is 35.4 Å². The SMILES string of the molecule is CC(=O)Nc1ccc(C(F)(F)F)cc1NC(=O)c1ccc(CN2C(=O)c3ccccc3C2=O)cc1. The summed E-state index contributed by atoms with van der Waals surface area (Å²) in [4.78, 5) is 50.3. The number of carbonyl (C=O) groups is 4. The van der Waals surface area contributed by atoms with Gasteiger partial charge in [-0.2, -0.15) is 13.2 Å². The lowest BCUT2D eigenvalue weighted by Gasteiger charge is -2.16. The third kappa shape index (κ3) is 4.91. The molecule has 1 aliphatic heterocycles. The molecule has 0 spiro atoms. The van der Waals surface area contributed by atoms with E-state index >= 15 is 0 Å². The molecule has 0 aromatic heterocycles. The van der Waals surface area contributed by atoms with Crippen LogP contribution in [0.1, 0.15) is 49.1 Å². The van der Waals surface area contributed by atoms with Crippen LogP contribution in [-0.4, -0.2) is 28.5 Å². The molecule has 0 radical (unpaired) electrons. The third-order valence-electron chi connectivity index (χ3n) is 5.34. The van der Waals surface area contributed by atoms with E-state index in [1.165, 1.54) is 19.1 Å². The van der Waals surface area contributed by atoms with E-state index in [1.54, 1.807) is 36.4 Å². The maximum absolute atomic E-state index is 13.1. The lowest BCUT2D eigenvalue weighted by molar-refractivity contribution is -0.137. The topological polar surface area (TPSA) is 95.6 Å². The van der Waals surface area contributed by atoms with Crippen molar-refractivity contribution in [1.29, 1.82) is 0 Å².